The van der Waals surface area contributed by atoms with Gasteiger partial charge >= 0.3 is 0 Å². The van der Waals surface area contributed by atoms with Crippen LogP contribution in [0.2, 0.25) is 5.02 Å². The van der Waals surface area contributed by atoms with E-state index in [2.05, 4.69) is 20.1 Å². The average Bonchev–Trinajstić information content (AvgIpc) is 3.17. The molecular weight excluding hydrogens is 300 g/mol. The Morgan fingerprint density at radius 2 is 2.05 bits per heavy atom. The van der Waals surface area contributed by atoms with Crippen molar-refractivity contribution in [2.45, 2.75) is 6.92 Å². The Labute approximate surface area is 131 Å². The molecule has 0 unspecified atom stereocenters. The highest BCUT2D eigenvalue weighted by molar-refractivity contribution is 6.33. The molecule has 0 fully saturated rings. The summed E-state index contributed by atoms with van der Waals surface area (Å²) in [5.74, 6) is 1.29. The molecule has 0 saturated heterocycles. The van der Waals surface area contributed by atoms with Crippen molar-refractivity contribution in [3.63, 3.8) is 0 Å². The second-order valence-corrected chi connectivity index (χ2v) is 5.46. The fourth-order valence-electron chi connectivity index (χ4n) is 2.39. The van der Waals surface area contributed by atoms with Gasteiger partial charge in [-0.2, -0.15) is 4.98 Å². The van der Waals surface area contributed by atoms with Gasteiger partial charge in [-0.25, -0.2) is 4.98 Å². The van der Waals surface area contributed by atoms with E-state index in [0.717, 1.165) is 33.5 Å². The molecule has 2 heterocycles. The Kier molecular flexibility index (Phi) is 2.94. The number of rotatable bonds is 2. The predicted molar refractivity (Wildman–Crippen MR) is 84.6 cm³/mol. The zero-order valence-corrected chi connectivity index (χ0v) is 12.4. The maximum absolute atomic E-state index is 6.28. The van der Waals surface area contributed by atoms with Gasteiger partial charge < -0.3 is 9.51 Å². The lowest BCUT2D eigenvalue weighted by atomic mass is 10.1. The van der Waals surface area contributed by atoms with Crippen LogP contribution in [-0.4, -0.2) is 20.1 Å². The molecule has 4 aromatic rings. The topological polar surface area (TPSA) is 67.6 Å². The predicted octanol–water partition coefficient (Wildman–Crippen LogP) is 4.24. The largest absolute Gasteiger partial charge is 0.342 e. The van der Waals surface area contributed by atoms with Crippen molar-refractivity contribution in [1.29, 1.82) is 0 Å². The van der Waals surface area contributed by atoms with Crippen LogP contribution in [0.5, 0.6) is 0 Å². The summed E-state index contributed by atoms with van der Waals surface area (Å²) >= 11 is 6.28. The number of fused-ring (bicyclic) bond motifs is 1. The Morgan fingerprint density at radius 1 is 1.14 bits per heavy atom. The third-order valence-electron chi connectivity index (χ3n) is 3.48. The van der Waals surface area contributed by atoms with Crippen LogP contribution in [0, 0.1) is 6.92 Å². The first-order chi connectivity index (χ1) is 10.7. The van der Waals surface area contributed by atoms with Gasteiger partial charge in [0.25, 0.3) is 0 Å². The maximum atomic E-state index is 6.28. The number of benzene rings is 2. The van der Waals surface area contributed by atoms with Gasteiger partial charge in [-0.15, -0.1) is 0 Å². The number of aromatic nitrogens is 4. The lowest BCUT2D eigenvalue weighted by Gasteiger charge is -2.01. The number of hydrogen-bond donors (Lipinski definition) is 1. The minimum atomic E-state index is 0.548. The molecule has 108 valence electrons. The molecule has 0 atom stereocenters. The first kappa shape index (κ1) is 13.0. The normalized spacial score (nSPS) is 11.2. The highest BCUT2D eigenvalue weighted by Crippen LogP contribution is 2.29. The summed E-state index contributed by atoms with van der Waals surface area (Å²) < 4.78 is 4.78. The van der Waals surface area contributed by atoms with Crippen molar-refractivity contribution in [1.82, 2.24) is 20.1 Å². The molecule has 0 radical (unpaired) electrons. The van der Waals surface area contributed by atoms with Crippen LogP contribution in [0.1, 0.15) is 5.56 Å². The van der Waals surface area contributed by atoms with Gasteiger partial charge in [-0.1, -0.05) is 28.4 Å². The third-order valence-corrected chi connectivity index (χ3v) is 3.81. The fourth-order valence-corrected chi connectivity index (χ4v) is 2.60. The van der Waals surface area contributed by atoms with Crippen LogP contribution in [0.4, 0.5) is 0 Å². The van der Waals surface area contributed by atoms with Crippen molar-refractivity contribution in [2.24, 2.45) is 0 Å². The zero-order chi connectivity index (χ0) is 15.1. The van der Waals surface area contributed by atoms with Crippen molar-refractivity contribution in [2.75, 3.05) is 0 Å². The summed E-state index contributed by atoms with van der Waals surface area (Å²) in [6.07, 6.45) is 1.31. The number of aryl methyl sites for hydroxylation is 1. The van der Waals surface area contributed by atoms with E-state index in [0.29, 0.717) is 10.8 Å². The Bertz CT molecular complexity index is 960. The number of nitrogens with zero attached hydrogens (tertiary/aromatic N) is 3. The van der Waals surface area contributed by atoms with E-state index >= 15 is 0 Å². The third kappa shape index (κ3) is 2.16. The van der Waals surface area contributed by atoms with E-state index in [-0.39, 0.29) is 0 Å². The van der Waals surface area contributed by atoms with E-state index in [1.165, 1.54) is 6.39 Å². The minimum absolute atomic E-state index is 0.548. The Morgan fingerprint density at radius 3 is 2.86 bits per heavy atom. The second kappa shape index (κ2) is 4.96. The van der Waals surface area contributed by atoms with E-state index in [9.17, 15) is 0 Å². The quantitative estimate of drug-likeness (QED) is 0.601. The molecule has 0 aliphatic heterocycles. The van der Waals surface area contributed by atoms with Gasteiger partial charge in [0.15, 0.2) is 0 Å². The van der Waals surface area contributed by atoms with Crippen molar-refractivity contribution >= 4 is 22.6 Å². The molecule has 0 amide bonds. The minimum Gasteiger partial charge on any atom is -0.342 e. The van der Waals surface area contributed by atoms with E-state index in [1.54, 1.807) is 0 Å². The SMILES string of the molecule is Cc1ccc(Cl)c(-c2nc3ccc(-c4ncon4)cc3[nH]2)c1. The summed E-state index contributed by atoms with van der Waals surface area (Å²) in [4.78, 5) is 12.0. The number of halogens is 1. The van der Waals surface area contributed by atoms with Crippen molar-refractivity contribution < 1.29 is 4.52 Å². The standard InChI is InChI=1S/C16H11ClN4O/c1-9-2-4-12(17)11(6-9)16-19-13-5-3-10(7-14(13)20-16)15-18-8-22-21-15/h2-8H,1H3,(H,19,20). The molecule has 6 heteroatoms. The number of hydrogen-bond acceptors (Lipinski definition) is 4. The fraction of sp³-hybridized carbons (Fsp3) is 0.0625. The molecule has 0 bridgehead atoms. The summed E-state index contributed by atoms with van der Waals surface area (Å²) in [5.41, 5.74) is 4.65. The first-order valence-corrected chi connectivity index (χ1v) is 7.11. The maximum Gasteiger partial charge on any atom is 0.214 e. The summed E-state index contributed by atoms with van der Waals surface area (Å²) in [6, 6.07) is 11.6. The molecule has 0 aliphatic rings. The van der Waals surface area contributed by atoms with Crippen LogP contribution in [-0.2, 0) is 0 Å². The molecular formula is C16H11ClN4O. The summed E-state index contributed by atoms with van der Waals surface area (Å²) in [7, 11) is 0. The van der Waals surface area contributed by atoms with Gasteiger partial charge in [-0.05, 0) is 37.3 Å². The first-order valence-electron chi connectivity index (χ1n) is 6.74. The van der Waals surface area contributed by atoms with Gasteiger partial charge in [0, 0.05) is 11.1 Å². The Hall–Kier alpha value is -2.66. The van der Waals surface area contributed by atoms with E-state index < -0.39 is 0 Å². The van der Waals surface area contributed by atoms with Gasteiger partial charge in [0.05, 0.1) is 16.1 Å². The van der Waals surface area contributed by atoms with Crippen LogP contribution in [0.25, 0.3) is 33.8 Å². The van der Waals surface area contributed by atoms with Crippen molar-refractivity contribution in [3.8, 4) is 22.8 Å². The molecule has 2 aromatic carbocycles. The smallest absolute Gasteiger partial charge is 0.214 e. The second-order valence-electron chi connectivity index (χ2n) is 5.06. The molecule has 1 N–H and O–H groups in total. The molecule has 2 aromatic heterocycles. The summed E-state index contributed by atoms with van der Waals surface area (Å²) in [5, 5.41) is 4.51. The molecule has 4 rings (SSSR count). The highest BCUT2D eigenvalue weighted by Gasteiger charge is 2.11. The van der Waals surface area contributed by atoms with Crippen LogP contribution in [0.15, 0.2) is 47.3 Å². The lowest BCUT2D eigenvalue weighted by molar-refractivity contribution is 0.419. The average molecular weight is 311 g/mol. The van der Waals surface area contributed by atoms with E-state index in [4.69, 9.17) is 16.1 Å². The number of nitrogens with one attached hydrogen (secondary N) is 1. The molecule has 5 nitrogen and oxygen atoms in total. The summed E-state index contributed by atoms with van der Waals surface area (Å²) in [6.45, 7) is 2.02. The Balaban J connectivity index is 1.85. The highest BCUT2D eigenvalue weighted by atomic mass is 35.5. The zero-order valence-electron chi connectivity index (χ0n) is 11.7. The molecule has 22 heavy (non-hydrogen) atoms. The van der Waals surface area contributed by atoms with Crippen molar-refractivity contribution in [3.05, 3.63) is 53.4 Å². The molecule has 0 spiro atoms. The van der Waals surface area contributed by atoms with Gasteiger partial charge in [0.1, 0.15) is 5.82 Å². The molecule has 0 saturated carbocycles. The van der Waals surface area contributed by atoms with Crippen LogP contribution >= 0.6 is 11.6 Å². The lowest BCUT2D eigenvalue weighted by Crippen LogP contribution is -1.83. The van der Waals surface area contributed by atoms with Crippen LogP contribution < -0.4 is 0 Å². The van der Waals surface area contributed by atoms with Crippen LogP contribution in [0.3, 0.4) is 0 Å². The molecule has 0 aliphatic carbocycles. The number of aromatic amines is 1. The number of imidazole rings is 1. The van der Waals surface area contributed by atoms with Gasteiger partial charge in [-0.3, -0.25) is 0 Å². The van der Waals surface area contributed by atoms with E-state index in [1.807, 2.05) is 43.3 Å². The number of H-pyrrole nitrogens is 1. The monoisotopic (exact) mass is 310 g/mol. The van der Waals surface area contributed by atoms with Gasteiger partial charge in [0.2, 0.25) is 12.2 Å².